The van der Waals surface area contributed by atoms with Gasteiger partial charge in [-0.2, -0.15) is 0 Å². The molecule has 3 nitrogen and oxygen atoms in total. The molecular formula is C17H20F2N2OS. The summed E-state index contributed by atoms with van der Waals surface area (Å²) in [4.78, 5) is 4.60. The lowest BCUT2D eigenvalue weighted by molar-refractivity contribution is -0.0861. The molecule has 2 fully saturated rings. The molecule has 2 aliphatic heterocycles. The van der Waals surface area contributed by atoms with Gasteiger partial charge in [0.05, 0.1) is 12.7 Å². The van der Waals surface area contributed by atoms with Crippen LogP contribution in [-0.4, -0.2) is 23.6 Å². The van der Waals surface area contributed by atoms with Crippen LogP contribution in [0.4, 0.5) is 8.78 Å². The minimum absolute atomic E-state index is 0.149. The SMILES string of the molecule is CC1(C2CC3CSC(N)=NC3(c3ccc(F)cc3F)CO2)CC1. The topological polar surface area (TPSA) is 47.6 Å². The van der Waals surface area contributed by atoms with E-state index in [1.807, 2.05) is 0 Å². The number of amidine groups is 1. The van der Waals surface area contributed by atoms with E-state index in [-0.39, 0.29) is 17.4 Å². The molecule has 124 valence electrons. The van der Waals surface area contributed by atoms with Crippen molar-refractivity contribution in [3.8, 4) is 0 Å². The molecule has 2 heterocycles. The van der Waals surface area contributed by atoms with Gasteiger partial charge < -0.3 is 10.5 Å². The van der Waals surface area contributed by atoms with E-state index in [0.29, 0.717) is 17.3 Å². The quantitative estimate of drug-likeness (QED) is 0.899. The predicted octanol–water partition coefficient (Wildman–Crippen LogP) is 3.43. The standard InChI is InChI=1S/C17H20F2N2OS/c1-16(4-5-16)14-6-10-8-23-15(20)21-17(10,9-22-14)12-3-2-11(18)7-13(12)19/h2-3,7,10,14H,4-6,8-9H2,1H3,(H2,20,21). The van der Waals surface area contributed by atoms with Crippen LogP contribution in [0.25, 0.3) is 0 Å². The first-order valence-corrected chi connectivity index (χ1v) is 8.97. The molecule has 0 spiro atoms. The van der Waals surface area contributed by atoms with Gasteiger partial charge in [-0.1, -0.05) is 24.8 Å². The van der Waals surface area contributed by atoms with Crippen LogP contribution in [0.5, 0.6) is 0 Å². The maximum atomic E-state index is 14.5. The third-order valence-corrected chi connectivity index (χ3v) is 6.59. The van der Waals surface area contributed by atoms with Crippen molar-refractivity contribution in [1.29, 1.82) is 0 Å². The summed E-state index contributed by atoms with van der Waals surface area (Å²) in [5.41, 5.74) is 5.76. The van der Waals surface area contributed by atoms with Crippen LogP contribution in [0.1, 0.15) is 31.7 Å². The van der Waals surface area contributed by atoms with E-state index in [1.54, 1.807) is 0 Å². The molecule has 1 aliphatic carbocycles. The normalized spacial score (nSPS) is 35.3. The fourth-order valence-corrected chi connectivity index (χ4v) is 4.83. The molecule has 1 aromatic rings. The second-order valence-corrected chi connectivity index (χ2v) is 8.24. The van der Waals surface area contributed by atoms with Gasteiger partial charge in [-0.15, -0.1) is 0 Å². The van der Waals surface area contributed by atoms with Crippen molar-refractivity contribution in [3.63, 3.8) is 0 Å². The third-order valence-electron chi connectivity index (χ3n) is 5.63. The summed E-state index contributed by atoms with van der Waals surface area (Å²) in [6.45, 7) is 2.55. The Morgan fingerprint density at radius 2 is 2.13 bits per heavy atom. The Bertz CT molecular complexity index is 677. The van der Waals surface area contributed by atoms with Crippen LogP contribution in [-0.2, 0) is 10.3 Å². The number of fused-ring (bicyclic) bond motifs is 1. The van der Waals surface area contributed by atoms with E-state index in [2.05, 4.69) is 11.9 Å². The zero-order chi connectivity index (χ0) is 16.2. The summed E-state index contributed by atoms with van der Waals surface area (Å²) >= 11 is 1.51. The summed E-state index contributed by atoms with van der Waals surface area (Å²) in [6, 6.07) is 3.70. The van der Waals surface area contributed by atoms with E-state index in [9.17, 15) is 8.78 Å². The van der Waals surface area contributed by atoms with Gasteiger partial charge in [-0.05, 0) is 30.7 Å². The number of halogens is 2. The summed E-state index contributed by atoms with van der Waals surface area (Å²) in [5, 5.41) is 0.449. The smallest absolute Gasteiger partial charge is 0.154 e. The highest BCUT2D eigenvalue weighted by Crippen LogP contribution is 2.56. The average Bonchev–Trinajstić information content (AvgIpc) is 3.25. The lowest BCUT2D eigenvalue weighted by Gasteiger charge is -2.47. The molecule has 0 amide bonds. The number of nitrogens with two attached hydrogens (primary N) is 1. The Labute approximate surface area is 138 Å². The molecule has 3 unspecified atom stereocenters. The van der Waals surface area contributed by atoms with Gasteiger partial charge in [0.25, 0.3) is 0 Å². The van der Waals surface area contributed by atoms with Crippen molar-refractivity contribution in [2.45, 2.75) is 37.8 Å². The van der Waals surface area contributed by atoms with Gasteiger partial charge in [0, 0.05) is 23.3 Å². The lowest BCUT2D eigenvalue weighted by Crippen LogP contribution is -2.51. The first-order valence-electron chi connectivity index (χ1n) is 7.98. The van der Waals surface area contributed by atoms with Crippen molar-refractivity contribution in [3.05, 3.63) is 35.4 Å². The van der Waals surface area contributed by atoms with Gasteiger partial charge in [0.1, 0.15) is 17.2 Å². The first-order chi connectivity index (χ1) is 10.9. The molecule has 4 rings (SSSR count). The average molecular weight is 338 g/mol. The number of thioether (sulfide) groups is 1. The second-order valence-electron chi connectivity index (χ2n) is 7.20. The number of ether oxygens (including phenoxy) is 1. The molecule has 1 saturated carbocycles. The summed E-state index contributed by atoms with van der Waals surface area (Å²) in [5.74, 6) is -0.210. The fraction of sp³-hybridized carbons (Fsp3) is 0.588. The monoisotopic (exact) mass is 338 g/mol. The van der Waals surface area contributed by atoms with Gasteiger partial charge in [-0.3, -0.25) is 0 Å². The molecule has 3 aliphatic rings. The molecule has 1 saturated heterocycles. The lowest BCUT2D eigenvalue weighted by atomic mass is 9.73. The highest BCUT2D eigenvalue weighted by molar-refractivity contribution is 8.13. The Morgan fingerprint density at radius 3 is 2.83 bits per heavy atom. The highest BCUT2D eigenvalue weighted by Gasteiger charge is 2.55. The van der Waals surface area contributed by atoms with Gasteiger partial charge in [-0.25, -0.2) is 13.8 Å². The zero-order valence-electron chi connectivity index (χ0n) is 13.0. The summed E-state index contributed by atoms with van der Waals surface area (Å²) in [6.07, 6.45) is 3.40. The first kappa shape index (κ1) is 15.4. The third kappa shape index (κ3) is 2.47. The molecule has 1 aromatic carbocycles. The minimum atomic E-state index is -0.825. The number of nitrogens with zero attached hydrogens (tertiary/aromatic N) is 1. The van der Waals surface area contributed by atoms with Crippen molar-refractivity contribution in [2.24, 2.45) is 22.1 Å². The molecule has 0 aromatic heterocycles. The van der Waals surface area contributed by atoms with E-state index in [1.165, 1.54) is 36.7 Å². The number of benzene rings is 1. The van der Waals surface area contributed by atoms with Gasteiger partial charge in [0.15, 0.2) is 5.17 Å². The van der Waals surface area contributed by atoms with Crippen molar-refractivity contribution in [1.82, 2.24) is 0 Å². The molecule has 3 atom stereocenters. The molecular weight excluding hydrogens is 318 g/mol. The Hall–Kier alpha value is -1.14. The molecule has 0 bridgehead atoms. The van der Waals surface area contributed by atoms with Gasteiger partial charge >= 0.3 is 0 Å². The van der Waals surface area contributed by atoms with E-state index in [4.69, 9.17) is 10.5 Å². The number of hydrogen-bond acceptors (Lipinski definition) is 4. The fourth-order valence-electron chi connectivity index (χ4n) is 3.81. The largest absolute Gasteiger partial charge is 0.379 e. The number of rotatable bonds is 2. The minimum Gasteiger partial charge on any atom is -0.379 e. The van der Waals surface area contributed by atoms with Crippen LogP contribution in [0.2, 0.25) is 0 Å². The van der Waals surface area contributed by atoms with Crippen LogP contribution in [0.3, 0.4) is 0 Å². The van der Waals surface area contributed by atoms with E-state index in [0.717, 1.165) is 18.2 Å². The predicted molar refractivity (Wildman–Crippen MR) is 87.3 cm³/mol. The summed E-state index contributed by atoms with van der Waals surface area (Å²) < 4.78 is 33.9. The van der Waals surface area contributed by atoms with Gasteiger partial charge in [0.2, 0.25) is 0 Å². The van der Waals surface area contributed by atoms with Crippen molar-refractivity contribution >= 4 is 16.9 Å². The Morgan fingerprint density at radius 1 is 1.35 bits per heavy atom. The van der Waals surface area contributed by atoms with Crippen LogP contribution < -0.4 is 5.73 Å². The second kappa shape index (κ2) is 5.18. The number of hydrogen-bond donors (Lipinski definition) is 1. The van der Waals surface area contributed by atoms with E-state index >= 15 is 0 Å². The van der Waals surface area contributed by atoms with Crippen LogP contribution in [0, 0.1) is 23.0 Å². The Balaban J connectivity index is 1.74. The van der Waals surface area contributed by atoms with Crippen molar-refractivity contribution in [2.75, 3.05) is 12.4 Å². The van der Waals surface area contributed by atoms with Crippen LogP contribution in [0.15, 0.2) is 23.2 Å². The van der Waals surface area contributed by atoms with Crippen LogP contribution >= 0.6 is 11.8 Å². The zero-order valence-corrected chi connectivity index (χ0v) is 13.8. The van der Waals surface area contributed by atoms with E-state index < -0.39 is 17.2 Å². The molecule has 23 heavy (non-hydrogen) atoms. The Kier molecular flexibility index (Phi) is 3.47. The molecule has 2 N–H and O–H groups in total. The maximum Gasteiger partial charge on any atom is 0.154 e. The number of aliphatic imine (C=N–C) groups is 1. The summed E-state index contributed by atoms with van der Waals surface area (Å²) in [7, 11) is 0. The van der Waals surface area contributed by atoms with Crippen molar-refractivity contribution < 1.29 is 13.5 Å². The molecule has 0 radical (unpaired) electrons. The highest BCUT2D eigenvalue weighted by atomic mass is 32.2. The maximum absolute atomic E-state index is 14.5. The molecule has 6 heteroatoms.